The van der Waals surface area contributed by atoms with E-state index in [4.69, 9.17) is 9.47 Å². The van der Waals surface area contributed by atoms with E-state index in [-0.39, 0.29) is 55.5 Å². The molecule has 0 unspecified atom stereocenters. The lowest BCUT2D eigenvalue weighted by atomic mass is 9.65. The van der Waals surface area contributed by atoms with Gasteiger partial charge in [-0.25, -0.2) is 0 Å². The molecule has 1 aliphatic heterocycles. The maximum Gasteiger partial charge on any atom is 0.231 e. The van der Waals surface area contributed by atoms with Crippen molar-refractivity contribution in [2.24, 2.45) is 0 Å². The summed E-state index contributed by atoms with van der Waals surface area (Å²) in [7, 11) is 0. The molecule has 0 aromatic heterocycles. The lowest BCUT2D eigenvalue weighted by molar-refractivity contribution is 0.174. The molecule has 0 N–H and O–H groups in total. The van der Waals surface area contributed by atoms with Crippen molar-refractivity contribution in [1.82, 2.24) is 0 Å². The minimum atomic E-state index is -1.19. The molecule has 0 amide bonds. The summed E-state index contributed by atoms with van der Waals surface area (Å²) >= 11 is 0. The second-order valence-corrected chi connectivity index (χ2v) is 49.5. The largest absolute Gasteiger partial charge is 0.454 e. The number of fused-ring (bicyclic) bond motifs is 8. The Hall–Kier alpha value is -13.7. The van der Waals surface area contributed by atoms with Crippen molar-refractivity contribution in [2.75, 3.05) is 6.79 Å². The summed E-state index contributed by atoms with van der Waals surface area (Å²) < 4.78 is 13.8. The highest BCUT2D eigenvalue weighted by molar-refractivity contribution is 6.03. The van der Waals surface area contributed by atoms with Crippen LogP contribution in [0.1, 0.15) is 258 Å². The monoisotopic (exact) mass is 1840 g/mol. The van der Waals surface area contributed by atoms with Gasteiger partial charge >= 0.3 is 0 Å². The van der Waals surface area contributed by atoms with Gasteiger partial charge in [0.2, 0.25) is 6.79 Å². The minimum absolute atomic E-state index is 0.0532. The van der Waals surface area contributed by atoms with Gasteiger partial charge in [0.05, 0.1) is 5.41 Å². The molecule has 20 rings (SSSR count). The molecule has 17 aromatic rings. The normalized spacial score (nSPS) is 13.9. The van der Waals surface area contributed by atoms with E-state index >= 15 is 0 Å². The van der Waals surface area contributed by atoms with Crippen LogP contribution < -0.4 is 9.47 Å². The number of ether oxygens (including phenoxy) is 2. The SMILES string of the molecule is CC(C)(C)c1ccc(-c2cc(-c3ccc(C(C)(C)C)cc3)cc(-c3cc(-c4cc(-c5ccc(C(C)(C)C)cc5)cc(-c5ccc(C(C)(C)C)cc5)c4)cc(C4(c5cc(-c6cc(-c7ccc(C(C)(C)C)cc7)cc(-c7ccc(C(C)(C)C)cc7)c6)cc(-c6cc(-c7ccc(C(C)(C)C)cc7)cc(-c7ccc(C(C)(C)C)cc7)c6)c5)c5cc6c(cc5-c5c4ccc4c5-c5ccccc5C4(C)C)OCO6)c3)c2)cc1. The Bertz CT molecular complexity index is 6660. The first-order valence-corrected chi connectivity index (χ1v) is 51.1. The standard InChI is InChI=1S/C139H138O2/c1-130(2,3)110-47-31-86(32-48-110)94-65-95(87-33-49-111(50-34-87)131(4,5)6)70-102(69-94)106-77-107(103-71-96(88-35-51-112(52-36-88)132(7,8)9)66-97(72-103)89-37-53-113(54-38-89)133(10,11)12)80-118(79-106)139(124-64-63-123-128(120-29-27-28-30-122(120)138(123,25)26)129(124)121-83-126-127(84-125(121)139)141-85-140-126)119-81-108(104-73-98(90-39-55-114(56-40-90)134(13,14)15)67-99(74-104)91-41-57-115(58-42-91)135(16,17)18)78-109(82-119)105-75-100(92-43-59-116(60-44-92)136(19,20)21)68-101(76-105)93-45-61-117(62-46-93)137(22,23)24/h27-84H,85H2,1-26H3. The first kappa shape index (κ1) is 94.9. The Morgan fingerprint density at radius 1 is 0.170 bits per heavy atom. The van der Waals surface area contributed by atoms with Gasteiger partial charge in [-0.3, -0.25) is 0 Å². The van der Waals surface area contributed by atoms with Crippen LogP contribution in [0.5, 0.6) is 11.5 Å². The average molecular weight is 1840 g/mol. The molecule has 2 aliphatic carbocycles. The van der Waals surface area contributed by atoms with Crippen LogP contribution in [-0.4, -0.2) is 6.79 Å². The molecule has 0 spiro atoms. The van der Waals surface area contributed by atoms with Gasteiger partial charge in [0.25, 0.3) is 0 Å². The Labute approximate surface area is 841 Å². The third-order valence-corrected chi connectivity index (χ3v) is 30.8. The molecule has 141 heavy (non-hydrogen) atoms. The smallest absolute Gasteiger partial charge is 0.231 e. The zero-order valence-electron chi connectivity index (χ0n) is 88.0. The van der Waals surface area contributed by atoms with Crippen molar-refractivity contribution in [3.63, 3.8) is 0 Å². The first-order chi connectivity index (χ1) is 66.6. The average Bonchev–Trinajstić information content (AvgIpc) is 1.50. The van der Waals surface area contributed by atoms with Gasteiger partial charge in [0.1, 0.15) is 0 Å². The number of hydrogen-bond donors (Lipinski definition) is 0. The molecule has 0 saturated carbocycles. The van der Waals surface area contributed by atoms with Crippen LogP contribution in [-0.2, 0) is 54.1 Å². The lowest BCUT2D eigenvalue weighted by Gasteiger charge is -2.36. The van der Waals surface area contributed by atoms with Gasteiger partial charge in [-0.15, -0.1) is 0 Å². The lowest BCUT2D eigenvalue weighted by Crippen LogP contribution is -2.29. The summed E-state index contributed by atoms with van der Waals surface area (Å²) in [5.74, 6) is 1.45. The van der Waals surface area contributed by atoms with Gasteiger partial charge < -0.3 is 9.47 Å². The summed E-state index contributed by atoms with van der Waals surface area (Å²) in [5, 5.41) is 0. The van der Waals surface area contributed by atoms with E-state index in [0.717, 1.165) is 167 Å². The summed E-state index contributed by atoms with van der Waals surface area (Å²) in [6, 6.07) is 139. The summed E-state index contributed by atoms with van der Waals surface area (Å²) in [4.78, 5) is 0. The van der Waals surface area contributed by atoms with Crippen molar-refractivity contribution in [3.05, 3.63) is 430 Å². The van der Waals surface area contributed by atoms with Gasteiger partial charge in [0.15, 0.2) is 11.5 Å². The van der Waals surface area contributed by atoms with Crippen LogP contribution in [0.3, 0.4) is 0 Å². The van der Waals surface area contributed by atoms with E-state index in [1.165, 1.54) is 77.9 Å². The molecule has 0 atom stereocenters. The second kappa shape index (κ2) is 34.6. The van der Waals surface area contributed by atoms with Crippen LogP contribution in [0.4, 0.5) is 0 Å². The topological polar surface area (TPSA) is 18.5 Å². The molecule has 2 nitrogen and oxygen atoms in total. The molecular formula is C139H138O2. The fourth-order valence-electron chi connectivity index (χ4n) is 21.9. The van der Waals surface area contributed by atoms with Crippen LogP contribution in [0.25, 0.3) is 156 Å². The molecule has 0 bridgehead atoms. The van der Waals surface area contributed by atoms with E-state index in [9.17, 15) is 0 Å². The highest BCUT2D eigenvalue weighted by atomic mass is 16.7. The Kier molecular flexibility index (Phi) is 23.3. The van der Waals surface area contributed by atoms with Crippen LogP contribution in [0.15, 0.2) is 352 Å². The van der Waals surface area contributed by atoms with E-state index in [2.05, 4.69) is 532 Å². The quantitative estimate of drug-likeness (QED) is 0.108. The predicted molar refractivity (Wildman–Crippen MR) is 602 cm³/mol. The number of rotatable bonds is 14. The van der Waals surface area contributed by atoms with Gasteiger partial charge in [-0.2, -0.15) is 0 Å². The van der Waals surface area contributed by atoms with Crippen LogP contribution >= 0.6 is 0 Å². The third kappa shape index (κ3) is 18.1. The Morgan fingerprint density at radius 2 is 0.362 bits per heavy atom. The van der Waals surface area contributed by atoms with Crippen LogP contribution in [0.2, 0.25) is 0 Å². The molecule has 2 heteroatoms. The van der Waals surface area contributed by atoms with Crippen molar-refractivity contribution < 1.29 is 9.47 Å². The van der Waals surface area contributed by atoms with Gasteiger partial charge in [-0.1, -0.05) is 411 Å². The maximum absolute atomic E-state index is 6.97. The van der Waals surface area contributed by atoms with Crippen molar-refractivity contribution in [3.8, 4) is 167 Å². The zero-order valence-corrected chi connectivity index (χ0v) is 88.0. The molecular weight excluding hydrogens is 1700 g/mol. The maximum atomic E-state index is 6.97. The molecule has 0 radical (unpaired) electrons. The van der Waals surface area contributed by atoms with E-state index in [0.29, 0.717) is 0 Å². The van der Waals surface area contributed by atoms with Crippen molar-refractivity contribution in [1.29, 1.82) is 0 Å². The summed E-state index contributed by atoms with van der Waals surface area (Å²) in [5.41, 5.74) is 47.3. The fraction of sp³-hybridized carbons (Fsp3) is 0.266. The summed E-state index contributed by atoms with van der Waals surface area (Å²) in [6.07, 6.45) is 0. The predicted octanol–water partition coefficient (Wildman–Crippen LogP) is 38.5. The van der Waals surface area contributed by atoms with E-state index < -0.39 is 5.41 Å². The van der Waals surface area contributed by atoms with E-state index in [1.54, 1.807) is 0 Å². The Morgan fingerprint density at radius 3 is 0.589 bits per heavy atom. The first-order valence-electron chi connectivity index (χ1n) is 51.1. The van der Waals surface area contributed by atoms with Crippen LogP contribution in [0, 0.1) is 0 Å². The van der Waals surface area contributed by atoms with Gasteiger partial charge in [-0.05, 0) is 398 Å². The molecule has 0 saturated heterocycles. The molecule has 17 aromatic carbocycles. The number of hydrogen-bond acceptors (Lipinski definition) is 2. The van der Waals surface area contributed by atoms with Gasteiger partial charge in [0, 0.05) is 5.41 Å². The fourth-order valence-corrected chi connectivity index (χ4v) is 21.9. The molecule has 0 fully saturated rings. The number of benzene rings is 17. The van der Waals surface area contributed by atoms with Crippen molar-refractivity contribution >= 4 is 0 Å². The zero-order chi connectivity index (χ0) is 99.5. The molecule has 3 aliphatic rings. The summed E-state index contributed by atoms with van der Waals surface area (Å²) in [6.45, 7) is 60.5. The second-order valence-electron chi connectivity index (χ2n) is 49.5. The minimum Gasteiger partial charge on any atom is -0.454 e. The molecule has 706 valence electrons. The third-order valence-electron chi connectivity index (χ3n) is 30.8. The van der Waals surface area contributed by atoms with Crippen molar-refractivity contribution in [2.45, 2.75) is 234 Å². The highest BCUT2D eigenvalue weighted by Gasteiger charge is 2.52. The Balaban J connectivity index is 0.969. The highest BCUT2D eigenvalue weighted by Crippen LogP contribution is 2.66. The molecule has 1 heterocycles. The van der Waals surface area contributed by atoms with E-state index in [1.807, 2.05) is 0 Å².